The summed E-state index contributed by atoms with van der Waals surface area (Å²) in [5.74, 6) is -0.882. The minimum Gasteiger partial charge on any atom is -0.493 e. The number of imidazole rings is 1. The summed E-state index contributed by atoms with van der Waals surface area (Å²) < 4.78 is 69.8. The quantitative estimate of drug-likeness (QED) is 0.541. The lowest BCUT2D eigenvalue weighted by molar-refractivity contribution is -0.274. The highest BCUT2D eigenvalue weighted by atomic mass is 32.2. The summed E-state index contributed by atoms with van der Waals surface area (Å²) in [5, 5.41) is 10.2. The highest BCUT2D eigenvalue weighted by Gasteiger charge is 2.31. The van der Waals surface area contributed by atoms with E-state index in [1.807, 2.05) is 0 Å². The second kappa shape index (κ2) is 8.55. The van der Waals surface area contributed by atoms with E-state index in [4.69, 9.17) is 0 Å². The van der Waals surface area contributed by atoms with Crippen molar-refractivity contribution in [1.82, 2.24) is 18.4 Å². The van der Waals surface area contributed by atoms with Crippen LogP contribution in [0.2, 0.25) is 0 Å². The number of alkyl halides is 3. The molecule has 0 atom stereocenters. The lowest BCUT2D eigenvalue weighted by Crippen LogP contribution is -2.29. The summed E-state index contributed by atoms with van der Waals surface area (Å²) in [4.78, 5) is 16.7. The van der Waals surface area contributed by atoms with Gasteiger partial charge >= 0.3 is 22.3 Å². The Kier molecular flexibility index (Phi) is 6.18. The highest BCUT2D eigenvalue weighted by Crippen LogP contribution is 2.24. The van der Waals surface area contributed by atoms with Gasteiger partial charge in [0.25, 0.3) is 0 Å². The maximum atomic E-state index is 12.7. The first-order valence-electron chi connectivity index (χ1n) is 8.88. The third-order valence-electron chi connectivity index (χ3n) is 4.16. The molecule has 0 aliphatic rings. The molecule has 0 radical (unpaired) electrons. The van der Waals surface area contributed by atoms with Crippen LogP contribution in [0.4, 0.5) is 19.0 Å². The monoisotopic (exact) mass is 473 g/mol. The third kappa shape index (κ3) is 5.39. The van der Waals surface area contributed by atoms with Crippen molar-refractivity contribution in [3.8, 4) is 17.3 Å². The Labute approximate surface area is 180 Å². The fraction of sp³-hybridized carbons (Fsp3) is 0.222. The molecule has 2 heterocycles. The van der Waals surface area contributed by atoms with E-state index in [1.165, 1.54) is 38.5 Å². The van der Waals surface area contributed by atoms with E-state index in [1.54, 1.807) is 6.07 Å². The number of ether oxygens (including phenoxy) is 1. The van der Waals surface area contributed by atoms with E-state index in [9.17, 15) is 31.5 Å². The van der Waals surface area contributed by atoms with Gasteiger partial charge in [-0.2, -0.15) is 12.7 Å². The van der Waals surface area contributed by atoms with Gasteiger partial charge in [0.15, 0.2) is 0 Å². The van der Waals surface area contributed by atoms with Gasteiger partial charge in [0.05, 0.1) is 18.4 Å². The molecule has 172 valence electrons. The molecular weight excluding hydrogens is 455 g/mol. The molecule has 3 aromatic rings. The Bertz CT molecular complexity index is 1270. The molecule has 0 amide bonds. The molecule has 0 saturated carbocycles. The van der Waals surface area contributed by atoms with Gasteiger partial charge in [0.1, 0.15) is 11.6 Å². The van der Waals surface area contributed by atoms with E-state index in [2.05, 4.69) is 14.4 Å². The lowest BCUT2D eigenvalue weighted by atomic mass is 10.2. The molecule has 0 saturated heterocycles. The number of halogens is 3. The van der Waals surface area contributed by atoms with Crippen LogP contribution in [0, 0.1) is 0 Å². The molecule has 0 bridgehead atoms. The SMILES string of the molecule is CN(C)S(=O)(=O)Nc1cc(Cn2cc(O)n(-c3ccc(OC(F)(F)F)cc3)c2=O)ccn1. The molecule has 14 heteroatoms. The number of aromatic hydroxyl groups is 1. The van der Waals surface area contributed by atoms with Crippen molar-refractivity contribution in [3.05, 3.63) is 64.8 Å². The fourth-order valence-electron chi connectivity index (χ4n) is 2.68. The summed E-state index contributed by atoms with van der Waals surface area (Å²) in [7, 11) is -1.08. The number of aromatic nitrogens is 3. The molecule has 0 fully saturated rings. The van der Waals surface area contributed by atoms with Crippen LogP contribution in [0.5, 0.6) is 11.6 Å². The molecule has 0 unspecified atom stereocenters. The van der Waals surface area contributed by atoms with Crippen LogP contribution in [0.25, 0.3) is 5.69 Å². The Morgan fingerprint density at radius 1 is 1.19 bits per heavy atom. The minimum absolute atomic E-state index is 0.0339. The van der Waals surface area contributed by atoms with Gasteiger partial charge < -0.3 is 9.84 Å². The van der Waals surface area contributed by atoms with Crippen molar-refractivity contribution < 1.29 is 31.4 Å². The van der Waals surface area contributed by atoms with Crippen LogP contribution in [-0.4, -0.2) is 52.4 Å². The molecule has 0 aliphatic heterocycles. The van der Waals surface area contributed by atoms with Crippen LogP contribution in [0.15, 0.2) is 53.6 Å². The topological polar surface area (TPSA) is 119 Å². The van der Waals surface area contributed by atoms with Gasteiger partial charge in [-0.1, -0.05) is 0 Å². The minimum atomic E-state index is -4.85. The highest BCUT2D eigenvalue weighted by molar-refractivity contribution is 7.90. The number of hydrogen-bond acceptors (Lipinski definition) is 6. The molecule has 0 aliphatic carbocycles. The van der Waals surface area contributed by atoms with E-state index < -0.39 is 33.9 Å². The van der Waals surface area contributed by atoms with Gasteiger partial charge in [-0.25, -0.2) is 14.3 Å². The number of nitrogens with zero attached hydrogens (tertiary/aromatic N) is 4. The maximum Gasteiger partial charge on any atom is 0.573 e. The number of anilines is 1. The molecule has 1 aromatic carbocycles. The number of hydrogen-bond donors (Lipinski definition) is 2. The Balaban J connectivity index is 1.84. The summed E-state index contributed by atoms with van der Waals surface area (Å²) in [5.41, 5.74) is -0.0428. The number of benzene rings is 1. The second-order valence-corrected chi connectivity index (χ2v) is 8.60. The predicted octanol–water partition coefficient (Wildman–Crippen LogP) is 1.90. The van der Waals surface area contributed by atoms with Gasteiger partial charge in [-0.3, -0.25) is 9.29 Å². The van der Waals surface area contributed by atoms with E-state index in [0.29, 0.717) is 5.56 Å². The first-order valence-corrected chi connectivity index (χ1v) is 10.3. The van der Waals surface area contributed by atoms with Crippen molar-refractivity contribution in [2.75, 3.05) is 18.8 Å². The molecular formula is C18H18F3N5O5S. The van der Waals surface area contributed by atoms with Crippen LogP contribution < -0.4 is 15.1 Å². The largest absolute Gasteiger partial charge is 0.573 e. The summed E-state index contributed by atoms with van der Waals surface area (Å²) in [6.07, 6.45) is -2.36. The maximum absolute atomic E-state index is 12.7. The van der Waals surface area contributed by atoms with Gasteiger partial charge in [0.2, 0.25) is 5.88 Å². The Hall–Kier alpha value is -3.52. The van der Waals surface area contributed by atoms with Gasteiger partial charge in [-0.15, -0.1) is 13.2 Å². The number of nitrogens with one attached hydrogen (secondary N) is 1. The van der Waals surface area contributed by atoms with E-state index >= 15 is 0 Å². The van der Waals surface area contributed by atoms with Crippen molar-refractivity contribution in [2.24, 2.45) is 0 Å². The van der Waals surface area contributed by atoms with Crippen molar-refractivity contribution >= 4 is 16.0 Å². The zero-order valence-electron chi connectivity index (χ0n) is 16.7. The molecule has 2 N–H and O–H groups in total. The van der Waals surface area contributed by atoms with Crippen LogP contribution in [0.1, 0.15) is 5.56 Å². The summed E-state index contributed by atoms with van der Waals surface area (Å²) >= 11 is 0. The van der Waals surface area contributed by atoms with E-state index in [0.717, 1.165) is 31.8 Å². The fourth-order valence-corrected chi connectivity index (χ4v) is 3.24. The van der Waals surface area contributed by atoms with Crippen molar-refractivity contribution in [1.29, 1.82) is 0 Å². The zero-order valence-corrected chi connectivity index (χ0v) is 17.6. The normalized spacial score (nSPS) is 12.2. The van der Waals surface area contributed by atoms with Crippen LogP contribution >= 0.6 is 0 Å². The third-order valence-corrected chi connectivity index (χ3v) is 5.59. The summed E-state index contributed by atoms with van der Waals surface area (Å²) in [6.45, 7) is -0.0339. The first-order chi connectivity index (χ1) is 14.9. The average molecular weight is 473 g/mol. The number of pyridine rings is 1. The standard InChI is InChI=1S/C18H18F3N5O5S/c1-24(2)32(29,30)23-15-9-12(7-8-22-15)10-25-11-16(27)26(17(25)28)13-3-5-14(6-4-13)31-18(19,20)21/h3-9,11,27H,10H2,1-2H3,(H,22,23). The Morgan fingerprint density at radius 3 is 2.44 bits per heavy atom. The van der Waals surface area contributed by atoms with Crippen LogP contribution in [-0.2, 0) is 16.8 Å². The zero-order chi connectivity index (χ0) is 23.7. The predicted molar refractivity (Wildman–Crippen MR) is 108 cm³/mol. The lowest BCUT2D eigenvalue weighted by Gasteiger charge is -2.13. The van der Waals surface area contributed by atoms with E-state index in [-0.39, 0.29) is 18.1 Å². The average Bonchev–Trinajstić information content (AvgIpc) is 2.94. The van der Waals surface area contributed by atoms with Gasteiger partial charge in [0, 0.05) is 20.3 Å². The van der Waals surface area contributed by atoms with Gasteiger partial charge in [-0.05, 0) is 42.0 Å². The number of rotatable bonds is 7. The molecule has 0 spiro atoms. The van der Waals surface area contributed by atoms with Crippen molar-refractivity contribution in [3.63, 3.8) is 0 Å². The first kappa shape index (κ1) is 23.1. The molecule has 2 aromatic heterocycles. The van der Waals surface area contributed by atoms with Crippen LogP contribution in [0.3, 0.4) is 0 Å². The second-order valence-electron chi connectivity index (χ2n) is 6.71. The molecule has 3 rings (SSSR count). The molecule has 32 heavy (non-hydrogen) atoms. The Morgan fingerprint density at radius 2 is 1.84 bits per heavy atom. The smallest absolute Gasteiger partial charge is 0.493 e. The molecule has 10 nitrogen and oxygen atoms in total. The van der Waals surface area contributed by atoms with Crippen molar-refractivity contribution in [2.45, 2.75) is 12.9 Å². The summed E-state index contributed by atoms with van der Waals surface area (Å²) in [6, 6.07) is 7.37.